The van der Waals surface area contributed by atoms with E-state index < -0.39 is 12.1 Å². The van der Waals surface area contributed by atoms with Gasteiger partial charge in [-0.05, 0) is 24.3 Å². The lowest BCUT2D eigenvalue weighted by Crippen LogP contribution is -2.49. The van der Waals surface area contributed by atoms with Crippen molar-refractivity contribution in [2.45, 2.75) is 6.54 Å². The molecule has 2 rings (SSSR count). The number of para-hydroxylation sites is 1. The zero-order valence-electron chi connectivity index (χ0n) is 12.3. The number of anilines is 1. The highest BCUT2D eigenvalue weighted by molar-refractivity contribution is 6.13. The van der Waals surface area contributed by atoms with E-state index in [1.165, 1.54) is 0 Å². The smallest absolute Gasteiger partial charge is 0.330 e. The van der Waals surface area contributed by atoms with Crippen LogP contribution in [0.25, 0.3) is 0 Å². The van der Waals surface area contributed by atoms with Crippen LogP contribution in [0.2, 0.25) is 0 Å². The first kappa shape index (κ1) is 16.2. The van der Waals surface area contributed by atoms with E-state index in [0.717, 1.165) is 4.90 Å². The van der Waals surface area contributed by atoms with Crippen LogP contribution in [0.15, 0.2) is 54.7 Å². The van der Waals surface area contributed by atoms with Gasteiger partial charge in [0.05, 0.1) is 24.5 Å². The third kappa shape index (κ3) is 4.63. The molecule has 0 radical (unpaired) electrons. The first-order chi connectivity index (χ1) is 11.2. The van der Waals surface area contributed by atoms with Crippen LogP contribution in [0.5, 0.6) is 0 Å². The summed E-state index contributed by atoms with van der Waals surface area (Å²) in [6, 6.07) is 12.5. The maximum absolute atomic E-state index is 12.4. The van der Waals surface area contributed by atoms with Crippen LogP contribution in [0.4, 0.5) is 15.3 Å². The molecule has 0 aliphatic carbocycles. The van der Waals surface area contributed by atoms with Gasteiger partial charge in [-0.25, -0.2) is 14.5 Å². The Balaban J connectivity index is 2.11. The van der Waals surface area contributed by atoms with Crippen LogP contribution >= 0.6 is 0 Å². The number of pyridine rings is 1. The average molecular weight is 312 g/mol. The molecule has 0 atom stereocenters. The average Bonchev–Trinajstić information content (AvgIpc) is 2.60. The van der Waals surface area contributed by atoms with Gasteiger partial charge in [0.2, 0.25) is 0 Å². The maximum Gasteiger partial charge on any atom is 0.330 e. The second kappa shape index (κ2) is 8.28. The molecule has 7 heteroatoms. The number of aromatic nitrogens is 1. The molecule has 1 aromatic carbocycles. The van der Waals surface area contributed by atoms with Crippen molar-refractivity contribution < 1.29 is 14.4 Å². The summed E-state index contributed by atoms with van der Waals surface area (Å²) < 4.78 is 0. The number of hydrogen-bond donors (Lipinski definition) is 2. The number of urea groups is 2. The van der Waals surface area contributed by atoms with Crippen molar-refractivity contribution in [1.29, 1.82) is 0 Å². The normalized spacial score (nSPS) is 9.74. The minimum atomic E-state index is -0.679. The lowest BCUT2D eigenvalue weighted by molar-refractivity contribution is -0.107. The van der Waals surface area contributed by atoms with E-state index in [-0.39, 0.29) is 13.1 Å². The Morgan fingerprint density at radius 3 is 2.35 bits per heavy atom. The van der Waals surface area contributed by atoms with E-state index >= 15 is 0 Å². The number of amides is 4. The molecule has 0 unspecified atom stereocenters. The highest BCUT2D eigenvalue weighted by Gasteiger charge is 2.22. The van der Waals surface area contributed by atoms with Crippen molar-refractivity contribution in [3.63, 3.8) is 0 Å². The number of nitrogens with zero attached hydrogens (tertiary/aromatic N) is 2. The van der Waals surface area contributed by atoms with Crippen molar-refractivity contribution in [2.75, 3.05) is 11.4 Å². The SMILES string of the molecule is O=CCNC(=O)N(C(=O)NCc1ccccn1)c1ccccc1. The Hall–Kier alpha value is -3.22. The number of benzene rings is 1. The molecule has 0 aliphatic rings. The first-order valence-corrected chi connectivity index (χ1v) is 6.96. The van der Waals surface area contributed by atoms with Gasteiger partial charge in [-0.15, -0.1) is 0 Å². The summed E-state index contributed by atoms with van der Waals surface area (Å²) in [6.07, 6.45) is 2.17. The van der Waals surface area contributed by atoms with Gasteiger partial charge in [-0.1, -0.05) is 24.3 Å². The van der Waals surface area contributed by atoms with Crippen LogP contribution < -0.4 is 15.5 Å². The second-order valence-electron chi connectivity index (χ2n) is 4.50. The number of carbonyl (C=O) groups excluding carboxylic acids is 3. The quantitative estimate of drug-likeness (QED) is 0.822. The predicted molar refractivity (Wildman–Crippen MR) is 84.9 cm³/mol. The zero-order valence-corrected chi connectivity index (χ0v) is 12.3. The van der Waals surface area contributed by atoms with Gasteiger partial charge >= 0.3 is 12.1 Å². The lowest BCUT2D eigenvalue weighted by Gasteiger charge is -2.21. The maximum atomic E-state index is 12.4. The fourth-order valence-electron chi connectivity index (χ4n) is 1.86. The van der Waals surface area contributed by atoms with E-state index in [2.05, 4.69) is 15.6 Å². The van der Waals surface area contributed by atoms with Crippen molar-refractivity contribution >= 4 is 24.0 Å². The summed E-state index contributed by atoms with van der Waals surface area (Å²) in [7, 11) is 0. The number of nitrogens with one attached hydrogen (secondary N) is 2. The lowest BCUT2D eigenvalue weighted by atomic mass is 10.3. The Labute approximate surface area is 133 Å². The molecule has 1 heterocycles. The molecule has 1 aromatic heterocycles. The van der Waals surface area contributed by atoms with Crippen molar-refractivity contribution in [2.24, 2.45) is 0 Å². The molecule has 23 heavy (non-hydrogen) atoms. The largest absolute Gasteiger partial charge is 0.332 e. The van der Waals surface area contributed by atoms with Crippen molar-refractivity contribution in [3.05, 3.63) is 60.4 Å². The number of imide groups is 1. The Kier molecular flexibility index (Phi) is 5.81. The third-order valence-electron chi connectivity index (χ3n) is 2.90. The molecule has 0 bridgehead atoms. The molecule has 118 valence electrons. The van der Waals surface area contributed by atoms with E-state index in [1.807, 2.05) is 0 Å². The van der Waals surface area contributed by atoms with E-state index in [1.54, 1.807) is 54.7 Å². The van der Waals surface area contributed by atoms with E-state index in [4.69, 9.17) is 0 Å². The molecular formula is C16H16N4O3. The van der Waals surface area contributed by atoms with Crippen LogP contribution in [-0.4, -0.2) is 29.9 Å². The molecule has 0 fully saturated rings. The minimum Gasteiger partial charge on any atom is -0.332 e. The van der Waals surface area contributed by atoms with Gasteiger partial charge in [-0.3, -0.25) is 4.98 Å². The van der Waals surface area contributed by atoms with Crippen LogP contribution in [0, 0.1) is 0 Å². The summed E-state index contributed by atoms with van der Waals surface area (Å²) in [5, 5.41) is 4.98. The number of aldehydes is 1. The Morgan fingerprint density at radius 1 is 1.00 bits per heavy atom. The number of rotatable bonds is 5. The molecule has 2 aromatic rings. The van der Waals surface area contributed by atoms with E-state index in [0.29, 0.717) is 17.7 Å². The molecule has 0 saturated heterocycles. The number of hydrogen-bond acceptors (Lipinski definition) is 4. The zero-order chi connectivity index (χ0) is 16.5. The summed E-state index contributed by atoms with van der Waals surface area (Å²) in [5.41, 5.74) is 1.07. The van der Waals surface area contributed by atoms with Gasteiger partial charge in [0, 0.05) is 6.20 Å². The third-order valence-corrected chi connectivity index (χ3v) is 2.90. The molecular weight excluding hydrogens is 296 g/mol. The van der Waals surface area contributed by atoms with Crippen LogP contribution in [-0.2, 0) is 11.3 Å². The fourth-order valence-corrected chi connectivity index (χ4v) is 1.86. The molecule has 2 N–H and O–H groups in total. The van der Waals surface area contributed by atoms with Crippen LogP contribution in [0.1, 0.15) is 5.69 Å². The first-order valence-electron chi connectivity index (χ1n) is 6.96. The van der Waals surface area contributed by atoms with Gasteiger partial charge in [0.1, 0.15) is 6.29 Å². The summed E-state index contributed by atoms with van der Waals surface area (Å²) in [5.74, 6) is 0. The number of carbonyl (C=O) groups is 3. The molecule has 0 aliphatic heterocycles. The molecule has 0 saturated carbocycles. The molecule has 4 amide bonds. The van der Waals surface area contributed by atoms with Gasteiger partial charge in [0.25, 0.3) is 0 Å². The predicted octanol–water partition coefficient (Wildman–Crippen LogP) is 1.71. The summed E-state index contributed by atoms with van der Waals surface area (Å²) in [4.78, 5) is 39.9. The minimum absolute atomic E-state index is 0.171. The van der Waals surface area contributed by atoms with Gasteiger partial charge in [0.15, 0.2) is 0 Å². The highest BCUT2D eigenvalue weighted by atomic mass is 16.2. The molecule has 0 spiro atoms. The van der Waals surface area contributed by atoms with Gasteiger partial charge in [-0.2, -0.15) is 0 Å². The highest BCUT2D eigenvalue weighted by Crippen LogP contribution is 2.13. The Morgan fingerprint density at radius 2 is 1.70 bits per heavy atom. The van der Waals surface area contributed by atoms with E-state index in [9.17, 15) is 14.4 Å². The summed E-state index contributed by atoms with van der Waals surface area (Å²) in [6.45, 7) is 0.0135. The van der Waals surface area contributed by atoms with Crippen molar-refractivity contribution in [1.82, 2.24) is 15.6 Å². The second-order valence-corrected chi connectivity index (χ2v) is 4.50. The van der Waals surface area contributed by atoms with Crippen LogP contribution in [0.3, 0.4) is 0 Å². The Bertz CT molecular complexity index is 662. The van der Waals surface area contributed by atoms with Gasteiger partial charge < -0.3 is 15.4 Å². The monoisotopic (exact) mass is 312 g/mol. The molecule has 7 nitrogen and oxygen atoms in total. The topological polar surface area (TPSA) is 91.4 Å². The standard InChI is InChI=1S/C16H16N4O3/c21-11-10-18-15(22)20(14-7-2-1-3-8-14)16(23)19-12-13-6-4-5-9-17-13/h1-9,11H,10,12H2,(H,18,22)(H,19,23). The summed E-state index contributed by atoms with van der Waals surface area (Å²) >= 11 is 0. The van der Waals surface area contributed by atoms with Crippen molar-refractivity contribution in [3.8, 4) is 0 Å². The fraction of sp³-hybridized carbons (Fsp3) is 0.125.